The first-order valence-corrected chi connectivity index (χ1v) is 6.63. The Morgan fingerprint density at radius 2 is 2.19 bits per heavy atom. The van der Waals surface area contributed by atoms with Gasteiger partial charge in [0.1, 0.15) is 0 Å². The molecular weight excluding hydrogens is 200 g/mol. The highest BCUT2D eigenvalue weighted by atomic mass is 16.4. The molecule has 0 fully saturated rings. The van der Waals surface area contributed by atoms with Crippen LogP contribution >= 0.6 is 0 Å². The molecule has 16 heavy (non-hydrogen) atoms. The van der Waals surface area contributed by atoms with Gasteiger partial charge in [0.2, 0.25) is 0 Å². The fourth-order valence-corrected chi connectivity index (χ4v) is 2.40. The van der Waals surface area contributed by atoms with Gasteiger partial charge in [-0.2, -0.15) is 0 Å². The van der Waals surface area contributed by atoms with Gasteiger partial charge in [-0.05, 0) is 31.6 Å². The first-order chi connectivity index (χ1) is 7.74. The van der Waals surface area contributed by atoms with E-state index in [-0.39, 0.29) is 5.92 Å². The fraction of sp³-hybridized carbons (Fsp3) is 0.786. The van der Waals surface area contributed by atoms with Crippen LogP contribution in [0.4, 0.5) is 0 Å². The van der Waals surface area contributed by atoms with Crippen molar-refractivity contribution in [1.82, 2.24) is 0 Å². The number of hydrogen-bond donors (Lipinski definition) is 1. The Labute approximate surface area is 98.7 Å². The molecule has 1 aliphatic rings. The van der Waals surface area contributed by atoms with Gasteiger partial charge in [-0.3, -0.25) is 4.79 Å². The summed E-state index contributed by atoms with van der Waals surface area (Å²) in [6.45, 7) is 2.23. The van der Waals surface area contributed by atoms with Gasteiger partial charge in [-0.1, -0.05) is 44.8 Å². The molecule has 1 aliphatic carbocycles. The molecule has 2 atom stereocenters. The summed E-state index contributed by atoms with van der Waals surface area (Å²) in [5, 5.41) is 8.96. The number of aliphatic carboxylic acids is 1. The summed E-state index contributed by atoms with van der Waals surface area (Å²) >= 11 is 0. The zero-order valence-electron chi connectivity index (χ0n) is 10.3. The Bertz CT molecular complexity index is 233. The summed E-state index contributed by atoms with van der Waals surface area (Å²) in [6.07, 6.45) is 13.3. The van der Waals surface area contributed by atoms with Crippen LogP contribution in [0, 0.1) is 11.8 Å². The van der Waals surface area contributed by atoms with Crippen LogP contribution in [0.3, 0.4) is 0 Å². The van der Waals surface area contributed by atoms with Crippen LogP contribution < -0.4 is 0 Å². The van der Waals surface area contributed by atoms with E-state index in [1.807, 2.05) is 0 Å². The standard InChI is InChI=1S/C14H24O2/c1-2-3-4-7-12-8-5-10-13(14(15)16)11-6-9-12/h5,8,12-13H,2-4,6-7,9-11H2,1H3,(H,15,16)/b8-5-. The Morgan fingerprint density at radius 3 is 2.88 bits per heavy atom. The van der Waals surface area contributed by atoms with Crippen LogP contribution in [0.1, 0.15) is 58.3 Å². The van der Waals surface area contributed by atoms with Crippen LogP contribution in [-0.4, -0.2) is 11.1 Å². The topological polar surface area (TPSA) is 37.3 Å². The molecule has 0 heterocycles. The molecule has 0 saturated carbocycles. The SMILES string of the molecule is CCCCCC1/C=C\CC(C(=O)O)CCC1. The van der Waals surface area contributed by atoms with E-state index < -0.39 is 5.97 Å². The Balaban J connectivity index is 2.33. The monoisotopic (exact) mass is 224 g/mol. The Kier molecular flexibility index (Phi) is 6.20. The maximum absolute atomic E-state index is 10.9. The van der Waals surface area contributed by atoms with Gasteiger partial charge in [0.15, 0.2) is 0 Å². The van der Waals surface area contributed by atoms with E-state index in [0.29, 0.717) is 5.92 Å². The van der Waals surface area contributed by atoms with Gasteiger partial charge in [-0.25, -0.2) is 0 Å². The van der Waals surface area contributed by atoms with Crippen molar-refractivity contribution >= 4 is 5.97 Å². The molecule has 92 valence electrons. The maximum atomic E-state index is 10.9. The number of rotatable bonds is 5. The zero-order valence-corrected chi connectivity index (χ0v) is 10.3. The first-order valence-electron chi connectivity index (χ1n) is 6.63. The lowest BCUT2D eigenvalue weighted by Gasteiger charge is -2.18. The molecule has 2 unspecified atom stereocenters. The van der Waals surface area contributed by atoms with Crippen LogP contribution in [0.25, 0.3) is 0 Å². The smallest absolute Gasteiger partial charge is 0.306 e. The van der Waals surface area contributed by atoms with Crippen molar-refractivity contribution in [3.63, 3.8) is 0 Å². The number of hydrogen-bond acceptors (Lipinski definition) is 1. The van der Waals surface area contributed by atoms with Crippen LogP contribution in [-0.2, 0) is 4.79 Å². The highest BCUT2D eigenvalue weighted by molar-refractivity contribution is 5.70. The summed E-state index contributed by atoms with van der Waals surface area (Å²) in [6, 6.07) is 0. The molecule has 0 aliphatic heterocycles. The molecule has 1 rings (SSSR count). The van der Waals surface area contributed by atoms with Gasteiger partial charge in [-0.15, -0.1) is 0 Å². The highest BCUT2D eigenvalue weighted by Crippen LogP contribution is 2.24. The van der Waals surface area contributed by atoms with Crippen LogP contribution in [0.2, 0.25) is 0 Å². The maximum Gasteiger partial charge on any atom is 0.306 e. The fourth-order valence-electron chi connectivity index (χ4n) is 2.40. The average Bonchev–Trinajstić information content (AvgIpc) is 2.20. The summed E-state index contributed by atoms with van der Waals surface area (Å²) in [5.41, 5.74) is 0. The Hall–Kier alpha value is -0.790. The molecule has 2 heteroatoms. The van der Waals surface area contributed by atoms with E-state index >= 15 is 0 Å². The van der Waals surface area contributed by atoms with Gasteiger partial charge in [0.05, 0.1) is 5.92 Å². The lowest BCUT2D eigenvalue weighted by molar-refractivity contribution is -0.141. The van der Waals surface area contributed by atoms with E-state index in [1.54, 1.807) is 0 Å². The third-order valence-electron chi connectivity index (χ3n) is 3.48. The summed E-state index contributed by atoms with van der Waals surface area (Å²) in [5.74, 6) is -0.0804. The molecule has 0 bridgehead atoms. The van der Waals surface area contributed by atoms with Crippen molar-refractivity contribution in [3.8, 4) is 0 Å². The lowest BCUT2D eigenvalue weighted by Crippen LogP contribution is -2.14. The Morgan fingerprint density at radius 1 is 1.38 bits per heavy atom. The molecule has 1 N–H and O–H groups in total. The van der Waals surface area contributed by atoms with Gasteiger partial charge >= 0.3 is 5.97 Å². The van der Waals surface area contributed by atoms with Gasteiger partial charge in [0, 0.05) is 0 Å². The van der Waals surface area contributed by atoms with Crippen LogP contribution in [0.15, 0.2) is 12.2 Å². The van der Waals surface area contributed by atoms with Crippen molar-refractivity contribution in [3.05, 3.63) is 12.2 Å². The number of unbranched alkanes of at least 4 members (excludes halogenated alkanes) is 2. The quantitative estimate of drug-likeness (QED) is 0.566. The van der Waals surface area contributed by atoms with Crippen LogP contribution in [0.5, 0.6) is 0 Å². The second kappa shape index (κ2) is 7.48. The summed E-state index contributed by atoms with van der Waals surface area (Å²) in [7, 11) is 0. The van der Waals surface area contributed by atoms with E-state index in [1.165, 1.54) is 32.1 Å². The van der Waals surface area contributed by atoms with E-state index in [4.69, 9.17) is 5.11 Å². The molecule has 0 aromatic heterocycles. The van der Waals surface area contributed by atoms with E-state index in [0.717, 1.165) is 19.3 Å². The molecule has 0 aromatic rings. The van der Waals surface area contributed by atoms with Crippen molar-refractivity contribution in [2.24, 2.45) is 11.8 Å². The third-order valence-corrected chi connectivity index (χ3v) is 3.48. The largest absolute Gasteiger partial charge is 0.481 e. The van der Waals surface area contributed by atoms with Gasteiger partial charge < -0.3 is 5.11 Å². The van der Waals surface area contributed by atoms with Crippen molar-refractivity contribution in [2.75, 3.05) is 0 Å². The zero-order chi connectivity index (χ0) is 11.8. The van der Waals surface area contributed by atoms with E-state index in [9.17, 15) is 4.79 Å². The lowest BCUT2D eigenvalue weighted by atomic mass is 9.88. The predicted molar refractivity (Wildman–Crippen MR) is 66.4 cm³/mol. The first kappa shape index (κ1) is 13.3. The predicted octanol–water partition coefficient (Wildman–Crippen LogP) is 4.01. The number of carboxylic acid groups (broad SMARTS) is 1. The average molecular weight is 224 g/mol. The number of carbonyl (C=O) groups is 1. The van der Waals surface area contributed by atoms with Gasteiger partial charge in [0.25, 0.3) is 0 Å². The van der Waals surface area contributed by atoms with Crippen molar-refractivity contribution in [2.45, 2.75) is 58.3 Å². The minimum Gasteiger partial charge on any atom is -0.481 e. The second-order valence-corrected chi connectivity index (χ2v) is 4.89. The molecular formula is C14H24O2. The minimum atomic E-state index is -0.630. The highest BCUT2D eigenvalue weighted by Gasteiger charge is 2.18. The number of carboxylic acids is 1. The van der Waals surface area contributed by atoms with Crippen molar-refractivity contribution in [1.29, 1.82) is 0 Å². The normalized spacial score (nSPS) is 28.1. The minimum absolute atomic E-state index is 0.146. The molecule has 0 amide bonds. The molecule has 0 aromatic carbocycles. The molecule has 0 saturated heterocycles. The molecule has 0 spiro atoms. The third kappa shape index (κ3) is 4.82. The second-order valence-electron chi connectivity index (χ2n) is 4.89. The number of allylic oxidation sites excluding steroid dienone is 2. The summed E-state index contributed by atoms with van der Waals surface area (Å²) in [4.78, 5) is 10.9. The molecule has 2 nitrogen and oxygen atoms in total. The summed E-state index contributed by atoms with van der Waals surface area (Å²) < 4.78 is 0. The van der Waals surface area contributed by atoms with E-state index in [2.05, 4.69) is 19.1 Å². The molecule has 0 radical (unpaired) electrons. The van der Waals surface area contributed by atoms with Crippen molar-refractivity contribution < 1.29 is 9.90 Å².